The average molecular weight is 585 g/mol. The van der Waals surface area contributed by atoms with Gasteiger partial charge in [0.2, 0.25) is 5.91 Å². The van der Waals surface area contributed by atoms with E-state index in [-0.39, 0.29) is 45.3 Å². The number of fused-ring (bicyclic) bond motifs is 1. The quantitative estimate of drug-likeness (QED) is 0.275. The Morgan fingerprint density at radius 1 is 1.17 bits per heavy atom. The molecule has 1 fully saturated rings. The lowest BCUT2D eigenvalue weighted by Gasteiger charge is -2.41. The van der Waals surface area contributed by atoms with Gasteiger partial charge in [-0.3, -0.25) is 14.2 Å². The molecule has 5 rings (SSSR count). The molecule has 1 saturated heterocycles. The van der Waals surface area contributed by atoms with E-state index in [1.54, 1.807) is 17.0 Å². The van der Waals surface area contributed by atoms with Crippen LogP contribution in [0.5, 0.6) is 5.75 Å². The molecule has 9 heteroatoms. The Kier molecular flexibility index (Phi) is 7.81. The van der Waals surface area contributed by atoms with Crippen molar-refractivity contribution in [3.8, 4) is 28.6 Å². The molecule has 1 amide bonds. The first-order valence-corrected chi connectivity index (χ1v) is 14.0. The molecular weight excluding hydrogens is 555 g/mol. The maximum Gasteiger partial charge on any atom is 0.275 e. The van der Waals surface area contributed by atoms with Crippen LogP contribution in [-0.2, 0) is 4.79 Å². The number of phenolic OH excluding ortho intramolecular Hbond substituents is 1. The number of benzene rings is 3. The summed E-state index contributed by atoms with van der Waals surface area (Å²) in [5.74, 6) is -0.852. The molecule has 7 nitrogen and oxygen atoms in total. The summed E-state index contributed by atoms with van der Waals surface area (Å²) < 4.78 is 16.5. The van der Waals surface area contributed by atoms with Crippen LogP contribution in [0.1, 0.15) is 37.8 Å². The summed E-state index contributed by atoms with van der Waals surface area (Å²) in [5.41, 5.74) is 2.14. The predicted molar refractivity (Wildman–Crippen MR) is 164 cm³/mol. The van der Waals surface area contributed by atoms with Crippen LogP contribution in [0.3, 0.4) is 0 Å². The molecule has 3 aromatic carbocycles. The third kappa shape index (κ3) is 4.90. The number of hydrogen-bond acceptors (Lipinski definition) is 5. The maximum absolute atomic E-state index is 15.1. The number of halogens is 2. The van der Waals surface area contributed by atoms with Gasteiger partial charge in [-0.25, -0.2) is 4.39 Å². The van der Waals surface area contributed by atoms with Crippen LogP contribution in [0, 0.1) is 17.1 Å². The van der Waals surface area contributed by atoms with Crippen LogP contribution in [0.4, 0.5) is 10.1 Å². The Labute approximate surface area is 248 Å². The molecule has 42 heavy (non-hydrogen) atoms. The number of carbonyl (C=O) groups is 1. The number of hydrogen-bond donors (Lipinski definition) is 1. The van der Waals surface area contributed by atoms with Crippen molar-refractivity contribution < 1.29 is 14.3 Å². The van der Waals surface area contributed by atoms with E-state index in [1.807, 2.05) is 49.9 Å². The Morgan fingerprint density at radius 3 is 2.57 bits per heavy atom. The zero-order valence-corrected chi connectivity index (χ0v) is 24.3. The lowest BCUT2D eigenvalue weighted by molar-refractivity contribution is -0.126. The summed E-state index contributed by atoms with van der Waals surface area (Å²) in [6, 6.07) is 16.4. The largest absolute Gasteiger partial charge is 0.508 e. The van der Waals surface area contributed by atoms with E-state index in [0.29, 0.717) is 41.9 Å². The molecule has 2 heterocycles. The first kappa shape index (κ1) is 28.9. The Bertz CT molecular complexity index is 1840. The van der Waals surface area contributed by atoms with Crippen molar-refractivity contribution in [2.75, 3.05) is 24.5 Å². The van der Waals surface area contributed by atoms with Gasteiger partial charge < -0.3 is 14.9 Å². The van der Waals surface area contributed by atoms with Crippen LogP contribution in [0.15, 0.2) is 72.0 Å². The standard InChI is InChI=1S/C33H30ClFN4O3/c1-5-31(41)37-12-13-38(20(4)18-37)32-25-15-27(34)23(24-14-21(40)10-11-28(24)35)16-30(25)39(33(42)26(32)17-36)29-9-7-6-8-22(29)19(2)3/h5-11,14-16,19-20,40H,1,12-13,18H2,2-4H3/t20-/m0/s1. The van der Waals surface area contributed by atoms with Gasteiger partial charge in [0.25, 0.3) is 5.56 Å². The minimum atomic E-state index is -0.587. The number of pyridine rings is 1. The van der Waals surface area contributed by atoms with Crippen molar-refractivity contribution in [2.24, 2.45) is 0 Å². The second kappa shape index (κ2) is 11.3. The summed E-state index contributed by atoms with van der Waals surface area (Å²) in [4.78, 5) is 30.3. The fraction of sp³-hybridized carbons (Fsp3) is 0.242. The van der Waals surface area contributed by atoms with Gasteiger partial charge in [0.1, 0.15) is 23.2 Å². The van der Waals surface area contributed by atoms with E-state index in [4.69, 9.17) is 11.6 Å². The van der Waals surface area contributed by atoms with Crippen LogP contribution in [0.2, 0.25) is 5.02 Å². The number of nitriles is 1. The second-order valence-corrected chi connectivity index (χ2v) is 11.1. The lowest BCUT2D eigenvalue weighted by atomic mass is 9.97. The summed E-state index contributed by atoms with van der Waals surface area (Å²) in [5, 5.41) is 21.2. The zero-order valence-electron chi connectivity index (χ0n) is 23.6. The van der Waals surface area contributed by atoms with E-state index in [2.05, 4.69) is 12.6 Å². The number of aromatic nitrogens is 1. The lowest BCUT2D eigenvalue weighted by Crippen LogP contribution is -2.54. The number of phenols is 1. The molecule has 1 aliphatic heterocycles. The van der Waals surface area contributed by atoms with Gasteiger partial charge in [0, 0.05) is 47.2 Å². The molecule has 1 aliphatic rings. The van der Waals surface area contributed by atoms with Gasteiger partial charge in [-0.05, 0) is 60.9 Å². The maximum atomic E-state index is 15.1. The fourth-order valence-electron chi connectivity index (χ4n) is 5.76. The molecule has 0 aliphatic carbocycles. The van der Waals surface area contributed by atoms with E-state index in [9.17, 15) is 20.0 Å². The van der Waals surface area contributed by atoms with Crippen molar-refractivity contribution in [1.82, 2.24) is 9.47 Å². The SMILES string of the molecule is C=CC(=O)N1CCN(c2c(C#N)c(=O)n(-c3ccccc3C(C)C)c3cc(-c4cc(O)ccc4F)c(Cl)cc23)[C@@H](C)C1. The predicted octanol–water partition coefficient (Wildman–Crippen LogP) is 6.37. The van der Waals surface area contributed by atoms with E-state index in [0.717, 1.165) is 11.6 Å². The first-order valence-electron chi connectivity index (χ1n) is 13.7. The molecule has 0 radical (unpaired) electrons. The minimum Gasteiger partial charge on any atom is -0.508 e. The smallest absolute Gasteiger partial charge is 0.275 e. The summed E-state index contributed by atoms with van der Waals surface area (Å²) in [7, 11) is 0. The number of piperazine rings is 1. The van der Waals surface area contributed by atoms with E-state index in [1.165, 1.54) is 22.8 Å². The van der Waals surface area contributed by atoms with Gasteiger partial charge in [-0.1, -0.05) is 50.2 Å². The fourth-order valence-corrected chi connectivity index (χ4v) is 6.02. The van der Waals surface area contributed by atoms with Gasteiger partial charge in [0.05, 0.1) is 16.9 Å². The number of rotatable bonds is 5. The third-order valence-electron chi connectivity index (χ3n) is 7.79. The molecule has 1 N–H and O–H groups in total. The normalized spacial score (nSPS) is 15.2. The summed E-state index contributed by atoms with van der Waals surface area (Å²) >= 11 is 6.81. The van der Waals surface area contributed by atoms with Gasteiger partial charge >= 0.3 is 0 Å². The molecule has 0 unspecified atom stereocenters. The Morgan fingerprint density at radius 2 is 1.90 bits per heavy atom. The van der Waals surface area contributed by atoms with Crippen LogP contribution < -0.4 is 10.5 Å². The van der Waals surface area contributed by atoms with Crippen LogP contribution >= 0.6 is 11.6 Å². The minimum absolute atomic E-state index is 0.0521. The zero-order chi connectivity index (χ0) is 30.3. The van der Waals surface area contributed by atoms with Crippen molar-refractivity contribution in [3.63, 3.8) is 0 Å². The number of carbonyl (C=O) groups excluding carboxylic acids is 1. The Hall–Kier alpha value is -4.61. The topological polar surface area (TPSA) is 89.6 Å². The number of aromatic hydroxyl groups is 1. The number of amides is 1. The molecule has 0 saturated carbocycles. The summed E-state index contributed by atoms with van der Waals surface area (Å²) in [6.45, 7) is 10.7. The van der Waals surface area contributed by atoms with Gasteiger partial charge in [-0.2, -0.15) is 5.26 Å². The van der Waals surface area contributed by atoms with E-state index >= 15 is 4.39 Å². The van der Waals surface area contributed by atoms with E-state index < -0.39 is 11.4 Å². The number of anilines is 1. The summed E-state index contributed by atoms with van der Waals surface area (Å²) in [6.07, 6.45) is 1.27. The highest BCUT2D eigenvalue weighted by Crippen LogP contribution is 2.40. The van der Waals surface area contributed by atoms with Crippen molar-refractivity contribution in [3.05, 3.63) is 99.6 Å². The molecule has 0 spiro atoms. The van der Waals surface area contributed by atoms with Crippen LogP contribution in [-0.4, -0.2) is 46.2 Å². The number of nitrogens with zero attached hydrogens (tertiary/aromatic N) is 4. The van der Waals surface area contributed by atoms with Gasteiger partial charge in [-0.15, -0.1) is 0 Å². The molecule has 1 aromatic heterocycles. The highest BCUT2D eigenvalue weighted by atomic mass is 35.5. The highest BCUT2D eigenvalue weighted by Gasteiger charge is 2.31. The molecule has 0 bridgehead atoms. The monoisotopic (exact) mass is 584 g/mol. The molecule has 4 aromatic rings. The molecular formula is C33H30ClFN4O3. The molecule has 214 valence electrons. The third-order valence-corrected chi connectivity index (χ3v) is 8.10. The van der Waals surface area contributed by atoms with Crippen molar-refractivity contribution in [1.29, 1.82) is 5.26 Å². The van der Waals surface area contributed by atoms with Crippen LogP contribution in [0.25, 0.3) is 27.7 Å². The number of para-hydroxylation sites is 1. The molecule has 1 atom stereocenters. The van der Waals surface area contributed by atoms with Crippen molar-refractivity contribution in [2.45, 2.75) is 32.7 Å². The Balaban J connectivity index is 1.88. The van der Waals surface area contributed by atoms with Gasteiger partial charge in [0.15, 0.2) is 0 Å². The highest BCUT2D eigenvalue weighted by molar-refractivity contribution is 6.34. The first-order chi connectivity index (χ1) is 20.1. The van der Waals surface area contributed by atoms with Crippen molar-refractivity contribution >= 4 is 34.1 Å². The average Bonchev–Trinajstić information content (AvgIpc) is 2.97. The second-order valence-electron chi connectivity index (χ2n) is 10.7.